The van der Waals surface area contributed by atoms with E-state index in [1.54, 1.807) is 6.20 Å². The first kappa shape index (κ1) is 11.6. The Kier molecular flexibility index (Phi) is 3.57. The Bertz CT molecular complexity index is 394. The van der Waals surface area contributed by atoms with Gasteiger partial charge in [0.05, 0.1) is 3.57 Å². The van der Waals surface area contributed by atoms with Gasteiger partial charge in [0.2, 0.25) is 5.91 Å². The molecule has 2 N–H and O–H groups in total. The van der Waals surface area contributed by atoms with Gasteiger partial charge in [0.15, 0.2) is 0 Å². The topological polar surface area (TPSA) is 66.9 Å². The number of anilines is 1. The van der Waals surface area contributed by atoms with E-state index >= 15 is 0 Å². The molecule has 0 radical (unpaired) electrons. The van der Waals surface area contributed by atoms with Crippen LogP contribution in [0.2, 0.25) is 0 Å². The monoisotopic (exact) mass is 332 g/mol. The largest absolute Gasteiger partial charge is 0.358 e. The van der Waals surface area contributed by atoms with Crippen LogP contribution < -0.4 is 10.6 Å². The molecule has 1 aromatic rings. The molecule has 1 saturated carbocycles. The van der Waals surface area contributed by atoms with Gasteiger partial charge in [-0.1, -0.05) is 0 Å². The minimum Gasteiger partial charge on any atom is -0.358 e. The molecule has 0 aliphatic heterocycles. The third kappa shape index (κ3) is 3.03. The Morgan fingerprint density at radius 2 is 2.38 bits per heavy atom. The SMILES string of the molecule is CC(Nc1ncncc1I)C(=O)NC1CC1. The Morgan fingerprint density at radius 1 is 1.62 bits per heavy atom. The van der Waals surface area contributed by atoms with Gasteiger partial charge in [0, 0.05) is 12.2 Å². The van der Waals surface area contributed by atoms with Crippen LogP contribution in [0.1, 0.15) is 19.8 Å². The van der Waals surface area contributed by atoms with Gasteiger partial charge < -0.3 is 10.6 Å². The average molecular weight is 332 g/mol. The number of amides is 1. The highest BCUT2D eigenvalue weighted by molar-refractivity contribution is 14.1. The molecule has 16 heavy (non-hydrogen) atoms. The third-order valence-electron chi connectivity index (χ3n) is 2.34. The van der Waals surface area contributed by atoms with Gasteiger partial charge in [-0.3, -0.25) is 4.79 Å². The van der Waals surface area contributed by atoms with E-state index in [4.69, 9.17) is 0 Å². The minimum absolute atomic E-state index is 0.0249. The molecule has 6 heteroatoms. The molecule has 5 nitrogen and oxygen atoms in total. The minimum atomic E-state index is -0.274. The zero-order chi connectivity index (χ0) is 11.5. The van der Waals surface area contributed by atoms with E-state index in [0.29, 0.717) is 11.9 Å². The number of carbonyl (C=O) groups is 1. The fourth-order valence-electron chi connectivity index (χ4n) is 1.24. The molecule has 1 unspecified atom stereocenters. The summed E-state index contributed by atoms with van der Waals surface area (Å²) in [5, 5.41) is 6.02. The van der Waals surface area contributed by atoms with Crippen LogP contribution in [-0.4, -0.2) is 28.0 Å². The van der Waals surface area contributed by atoms with Crippen LogP contribution in [0.5, 0.6) is 0 Å². The average Bonchev–Trinajstić information content (AvgIpc) is 3.05. The van der Waals surface area contributed by atoms with Gasteiger partial charge in [-0.25, -0.2) is 9.97 Å². The van der Waals surface area contributed by atoms with E-state index < -0.39 is 0 Å². The van der Waals surface area contributed by atoms with Crippen molar-refractivity contribution in [3.63, 3.8) is 0 Å². The standard InChI is InChI=1S/C10H13IN4O/c1-6(10(16)15-7-2-3-7)14-9-8(11)4-12-5-13-9/h4-7H,2-3H2,1H3,(H,15,16)(H,12,13,14). The van der Waals surface area contributed by atoms with Crippen LogP contribution in [-0.2, 0) is 4.79 Å². The summed E-state index contributed by atoms with van der Waals surface area (Å²) in [6.07, 6.45) is 5.38. The van der Waals surface area contributed by atoms with Crippen LogP contribution in [0.4, 0.5) is 5.82 Å². The number of hydrogen-bond acceptors (Lipinski definition) is 4. The molecular formula is C10H13IN4O. The second kappa shape index (κ2) is 4.94. The lowest BCUT2D eigenvalue weighted by Gasteiger charge is -2.14. The number of nitrogens with zero attached hydrogens (tertiary/aromatic N) is 2. The molecule has 0 saturated heterocycles. The molecule has 0 bridgehead atoms. The van der Waals surface area contributed by atoms with Gasteiger partial charge in [-0.15, -0.1) is 0 Å². The van der Waals surface area contributed by atoms with Gasteiger partial charge >= 0.3 is 0 Å². The Hall–Kier alpha value is -0.920. The predicted molar refractivity (Wildman–Crippen MR) is 69.0 cm³/mol. The van der Waals surface area contributed by atoms with Gasteiger partial charge in [-0.05, 0) is 42.4 Å². The van der Waals surface area contributed by atoms with E-state index in [0.717, 1.165) is 16.4 Å². The molecule has 1 atom stereocenters. The van der Waals surface area contributed by atoms with Gasteiger partial charge in [0.1, 0.15) is 18.2 Å². The van der Waals surface area contributed by atoms with E-state index in [1.807, 2.05) is 6.92 Å². The van der Waals surface area contributed by atoms with Gasteiger partial charge in [0.25, 0.3) is 0 Å². The molecule has 1 heterocycles. The second-order valence-corrected chi connectivity index (χ2v) is 5.03. The first-order valence-corrected chi connectivity index (χ1v) is 6.27. The quantitative estimate of drug-likeness (QED) is 0.812. The molecule has 0 spiro atoms. The lowest BCUT2D eigenvalue weighted by Crippen LogP contribution is -2.39. The van der Waals surface area contributed by atoms with E-state index in [2.05, 4.69) is 43.2 Å². The second-order valence-electron chi connectivity index (χ2n) is 3.87. The molecule has 1 amide bonds. The maximum absolute atomic E-state index is 11.7. The fraction of sp³-hybridized carbons (Fsp3) is 0.500. The Morgan fingerprint density at radius 3 is 3.00 bits per heavy atom. The maximum atomic E-state index is 11.7. The van der Waals surface area contributed by atoms with Crippen molar-refractivity contribution in [2.45, 2.75) is 31.8 Å². The molecule has 1 aliphatic carbocycles. The number of halogens is 1. The summed E-state index contributed by atoms with van der Waals surface area (Å²) >= 11 is 2.14. The zero-order valence-corrected chi connectivity index (χ0v) is 11.1. The Labute approximate surface area is 108 Å². The molecule has 0 aromatic carbocycles. The number of carbonyl (C=O) groups excluding carboxylic acids is 1. The van der Waals surface area contributed by atoms with Crippen molar-refractivity contribution in [1.82, 2.24) is 15.3 Å². The predicted octanol–water partition coefficient (Wildman–Crippen LogP) is 1.16. The Balaban J connectivity index is 1.92. The van der Waals surface area contributed by atoms with Crippen LogP contribution in [0.15, 0.2) is 12.5 Å². The number of hydrogen-bond donors (Lipinski definition) is 2. The summed E-state index contributed by atoms with van der Waals surface area (Å²) in [6.45, 7) is 1.83. The highest BCUT2D eigenvalue weighted by atomic mass is 127. The fourth-order valence-corrected chi connectivity index (χ4v) is 1.70. The molecule has 1 aliphatic rings. The van der Waals surface area contributed by atoms with Gasteiger partial charge in [-0.2, -0.15) is 0 Å². The van der Waals surface area contributed by atoms with Crippen LogP contribution in [0, 0.1) is 3.57 Å². The molecule has 2 rings (SSSR count). The van der Waals surface area contributed by atoms with Crippen molar-refractivity contribution >= 4 is 34.3 Å². The molecule has 1 fully saturated rings. The number of nitrogens with one attached hydrogen (secondary N) is 2. The van der Waals surface area contributed by atoms with Crippen LogP contribution in [0.25, 0.3) is 0 Å². The highest BCUT2D eigenvalue weighted by Gasteiger charge is 2.25. The zero-order valence-electron chi connectivity index (χ0n) is 8.90. The van der Waals surface area contributed by atoms with E-state index in [-0.39, 0.29) is 11.9 Å². The van der Waals surface area contributed by atoms with E-state index in [1.165, 1.54) is 6.33 Å². The molecular weight excluding hydrogens is 319 g/mol. The molecule has 1 aromatic heterocycles. The van der Waals surface area contributed by atoms with E-state index in [9.17, 15) is 4.79 Å². The number of aromatic nitrogens is 2. The summed E-state index contributed by atoms with van der Waals surface area (Å²) in [4.78, 5) is 19.7. The smallest absolute Gasteiger partial charge is 0.242 e. The summed E-state index contributed by atoms with van der Waals surface area (Å²) < 4.78 is 0.908. The summed E-state index contributed by atoms with van der Waals surface area (Å²) in [5.41, 5.74) is 0. The normalized spacial score (nSPS) is 16.6. The summed E-state index contributed by atoms with van der Waals surface area (Å²) in [7, 11) is 0. The van der Waals surface area contributed by atoms with Crippen molar-refractivity contribution in [2.75, 3.05) is 5.32 Å². The van der Waals surface area contributed by atoms with Crippen molar-refractivity contribution in [2.24, 2.45) is 0 Å². The highest BCUT2D eigenvalue weighted by Crippen LogP contribution is 2.19. The van der Waals surface area contributed by atoms with Crippen LogP contribution in [0.3, 0.4) is 0 Å². The third-order valence-corrected chi connectivity index (χ3v) is 3.13. The maximum Gasteiger partial charge on any atom is 0.242 e. The van der Waals surface area contributed by atoms with Crippen molar-refractivity contribution in [3.8, 4) is 0 Å². The van der Waals surface area contributed by atoms with Crippen molar-refractivity contribution < 1.29 is 4.79 Å². The number of rotatable bonds is 4. The van der Waals surface area contributed by atoms with Crippen molar-refractivity contribution in [1.29, 1.82) is 0 Å². The molecule has 86 valence electrons. The summed E-state index contributed by atoms with van der Waals surface area (Å²) in [5.74, 6) is 0.728. The first-order chi connectivity index (χ1) is 7.66. The van der Waals surface area contributed by atoms with Crippen LogP contribution >= 0.6 is 22.6 Å². The van der Waals surface area contributed by atoms with Crippen molar-refractivity contribution in [3.05, 3.63) is 16.1 Å². The summed E-state index contributed by atoms with van der Waals surface area (Å²) in [6, 6.07) is 0.116. The first-order valence-electron chi connectivity index (χ1n) is 5.19. The lowest BCUT2D eigenvalue weighted by atomic mass is 10.3. The lowest BCUT2D eigenvalue weighted by molar-refractivity contribution is -0.121.